The van der Waals surface area contributed by atoms with E-state index in [9.17, 15) is 14.9 Å². The van der Waals surface area contributed by atoms with Crippen LogP contribution in [0.4, 0.5) is 11.4 Å². The van der Waals surface area contributed by atoms with Gasteiger partial charge in [-0.1, -0.05) is 54.6 Å². The molecule has 0 saturated carbocycles. The Labute approximate surface area is 174 Å². The molecule has 6 rings (SSSR count). The maximum Gasteiger partial charge on any atom is 0.271 e. The van der Waals surface area contributed by atoms with Crippen LogP contribution >= 0.6 is 0 Å². The molecule has 1 atom stereocenters. The van der Waals surface area contributed by atoms with Crippen molar-refractivity contribution in [3.63, 3.8) is 0 Å². The molecule has 5 nitrogen and oxygen atoms in total. The Morgan fingerprint density at radius 2 is 1.57 bits per heavy atom. The number of amides is 1. The first-order chi connectivity index (χ1) is 14.4. The number of anilines is 1. The molecule has 0 aromatic heterocycles. The standard InChI is InChI=1S/C25H22N2O3/c1-15-11-12-16(27(29)30)13-22(15)26-24(28)25(2)14-21-17-7-3-5-9-19(17)23(25)20-10-6-4-8-18(20)21/h3-13,21,23H,14H2,1-2H3,(H,26,28)/t21?,23?,25-/m1/s1. The van der Waals surface area contributed by atoms with E-state index in [1.807, 2.05) is 26.0 Å². The average Bonchev–Trinajstić information content (AvgIpc) is 2.75. The average molecular weight is 398 g/mol. The number of carbonyl (C=O) groups is 1. The van der Waals surface area contributed by atoms with E-state index in [0.717, 1.165) is 5.56 Å². The molecule has 0 heterocycles. The van der Waals surface area contributed by atoms with Gasteiger partial charge in [0, 0.05) is 24.0 Å². The van der Waals surface area contributed by atoms with Crippen LogP contribution in [-0.2, 0) is 4.79 Å². The molecule has 2 bridgehead atoms. The van der Waals surface area contributed by atoms with Gasteiger partial charge in [-0.05, 0) is 48.1 Å². The predicted molar refractivity (Wildman–Crippen MR) is 116 cm³/mol. The number of rotatable bonds is 3. The number of nitro groups is 1. The predicted octanol–water partition coefficient (Wildman–Crippen LogP) is 5.53. The molecule has 5 heteroatoms. The molecule has 3 aromatic rings. The summed E-state index contributed by atoms with van der Waals surface area (Å²) in [7, 11) is 0. The van der Waals surface area contributed by atoms with Crippen molar-refractivity contribution in [2.24, 2.45) is 5.41 Å². The Morgan fingerprint density at radius 3 is 2.13 bits per heavy atom. The van der Waals surface area contributed by atoms with Gasteiger partial charge in [-0.2, -0.15) is 0 Å². The van der Waals surface area contributed by atoms with Crippen LogP contribution in [0.15, 0.2) is 66.7 Å². The molecule has 3 aromatic carbocycles. The Morgan fingerprint density at radius 1 is 1.00 bits per heavy atom. The van der Waals surface area contributed by atoms with Crippen molar-refractivity contribution in [1.82, 2.24) is 0 Å². The van der Waals surface area contributed by atoms with Crippen molar-refractivity contribution in [2.75, 3.05) is 5.32 Å². The maximum absolute atomic E-state index is 13.7. The van der Waals surface area contributed by atoms with Crippen LogP contribution in [0.1, 0.15) is 53.0 Å². The molecule has 0 unspecified atom stereocenters. The SMILES string of the molecule is Cc1ccc([N+](=O)[O-])cc1NC(=O)[C@]1(C)CC2c3ccccc3C1c1ccccc12. The summed E-state index contributed by atoms with van der Waals surface area (Å²) in [4.78, 5) is 24.4. The molecule has 1 amide bonds. The minimum absolute atomic E-state index is 0.0260. The largest absolute Gasteiger partial charge is 0.325 e. The highest BCUT2D eigenvalue weighted by Gasteiger charge is 2.53. The summed E-state index contributed by atoms with van der Waals surface area (Å²) in [5.41, 5.74) is 5.65. The zero-order valence-corrected chi connectivity index (χ0v) is 16.9. The van der Waals surface area contributed by atoms with Gasteiger partial charge in [-0.25, -0.2) is 0 Å². The van der Waals surface area contributed by atoms with Gasteiger partial charge in [-0.15, -0.1) is 0 Å². The first-order valence-electron chi connectivity index (χ1n) is 10.1. The number of carbonyl (C=O) groups excluding carboxylic acids is 1. The molecular weight excluding hydrogens is 376 g/mol. The van der Waals surface area contributed by atoms with Crippen molar-refractivity contribution in [3.8, 4) is 0 Å². The normalized spacial score (nSPS) is 23.4. The third kappa shape index (κ3) is 2.58. The zero-order chi connectivity index (χ0) is 21.0. The lowest BCUT2D eigenvalue weighted by Gasteiger charge is -2.50. The second kappa shape index (κ2) is 6.52. The van der Waals surface area contributed by atoms with Crippen molar-refractivity contribution in [2.45, 2.75) is 32.1 Å². The molecule has 3 aliphatic rings. The highest BCUT2D eigenvalue weighted by molar-refractivity contribution is 5.98. The number of benzene rings is 3. The van der Waals surface area contributed by atoms with E-state index in [1.165, 1.54) is 34.4 Å². The van der Waals surface area contributed by atoms with Gasteiger partial charge in [-0.3, -0.25) is 14.9 Å². The van der Waals surface area contributed by atoms with Gasteiger partial charge in [0.2, 0.25) is 5.91 Å². The molecule has 30 heavy (non-hydrogen) atoms. The summed E-state index contributed by atoms with van der Waals surface area (Å²) in [5, 5.41) is 14.2. The molecule has 0 saturated heterocycles. The van der Waals surface area contributed by atoms with Crippen molar-refractivity contribution >= 4 is 17.3 Å². The zero-order valence-electron chi connectivity index (χ0n) is 16.9. The van der Waals surface area contributed by atoms with E-state index in [2.05, 4.69) is 41.7 Å². The van der Waals surface area contributed by atoms with Crippen LogP contribution in [-0.4, -0.2) is 10.8 Å². The van der Waals surface area contributed by atoms with Gasteiger partial charge in [0.15, 0.2) is 0 Å². The number of nitro benzene ring substituents is 1. The lowest BCUT2D eigenvalue weighted by atomic mass is 9.52. The van der Waals surface area contributed by atoms with Crippen LogP contribution in [0.5, 0.6) is 0 Å². The molecule has 0 spiro atoms. The highest BCUT2D eigenvalue weighted by Crippen LogP contribution is 2.61. The molecule has 0 fully saturated rings. The summed E-state index contributed by atoms with van der Waals surface area (Å²) >= 11 is 0. The van der Waals surface area contributed by atoms with Crippen LogP contribution < -0.4 is 5.32 Å². The lowest BCUT2D eigenvalue weighted by molar-refractivity contribution is -0.384. The molecule has 0 aliphatic heterocycles. The van der Waals surface area contributed by atoms with Gasteiger partial charge >= 0.3 is 0 Å². The van der Waals surface area contributed by atoms with Crippen molar-refractivity contribution < 1.29 is 9.72 Å². The van der Waals surface area contributed by atoms with E-state index in [4.69, 9.17) is 0 Å². The minimum atomic E-state index is -0.648. The summed E-state index contributed by atoms with van der Waals surface area (Å²) in [6.07, 6.45) is 0.714. The molecule has 0 radical (unpaired) electrons. The number of non-ortho nitro benzene ring substituents is 1. The number of aryl methyl sites for hydroxylation is 1. The fourth-order valence-corrected chi connectivity index (χ4v) is 5.31. The smallest absolute Gasteiger partial charge is 0.271 e. The van der Waals surface area contributed by atoms with Crippen LogP contribution in [0.25, 0.3) is 0 Å². The first kappa shape index (κ1) is 18.6. The van der Waals surface area contributed by atoms with Crippen LogP contribution in [0, 0.1) is 22.5 Å². The molecule has 3 aliphatic carbocycles. The Kier molecular flexibility index (Phi) is 4.03. The number of nitrogens with zero attached hydrogens (tertiary/aromatic N) is 1. The third-order valence-electron chi connectivity index (χ3n) is 6.83. The summed E-state index contributed by atoms with van der Waals surface area (Å²) in [6, 6.07) is 21.4. The minimum Gasteiger partial charge on any atom is -0.325 e. The number of fused-ring (bicyclic) bond motifs is 1. The maximum atomic E-state index is 13.7. The molecular formula is C25H22N2O3. The van der Waals surface area contributed by atoms with Gasteiger partial charge in [0.05, 0.1) is 16.0 Å². The quantitative estimate of drug-likeness (QED) is 0.466. The van der Waals surface area contributed by atoms with E-state index < -0.39 is 10.3 Å². The Bertz CT molecular complexity index is 1160. The second-order valence-electron chi connectivity index (χ2n) is 8.58. The fourth-order valence-electron chi connectivity index (χ4n) is 5.31. The van der Waals surface area contributed by atoms with Crippen molar-refractivity contribution in [3.05, 3.63) is 105 Å². The Hall–Kier alpha value is -3.47. The lowest BCUT2D eigenvalue weighted by Crippen LogP contribution is -2.47. The second-order valence-corrected chi connectivity index (χ2v) is 8.58. The molecule has 150 valence electrons. The summed E-state index contributed by atoms with van der Waals surface area (Å²) < 4.78 is 0. The summed E-state index contributed by atoms with van der Waals surface area (Å²) in [6.45, 7) is 3.87. The van der Waals surface area contributed by atoms with E-state index in [-0.39, 0.29) is 23.4 Å². The topological polar surface area (TPSA) is 72.2 Å². The van der Waals surface area contributed by atoms with E-state index >= 15 is 0 Å². The number of hydrogen-bond donors (Lipinski definition) is 1. The Balaban J connectivity index is 1.58. The van der Waals surface area contributed by atoms with E-state index in [1.54, 1.807) is 6.07 Å². The highest BCUT2D eigenvalue weighted by atomic mass is 16.6. The third-order valence-corrected chi connectivity index (χ3v) is 6.83. The van der Waals surface area contributed by atoms with Crippen LogP contribution in [0.2, 0.25) is 0 Å². The van der Waals surface area contributed by atoms with Gasteiger partial charge in [0.1, 0.15) is 0 Å². The summed E-state index contributed by atoms with van der Waals surface area (Å²) in [5.74, 6) is 0.0309. The molecule has 1 N–H and O–H groups in total. The fraction of sp³-hybridized carbons (Fsp3) is 0.240. The van der Waals surface area contributed by atoms with Crippen molar-refractivity contribution in [1.29, 1.82) is 0 Å². The van der Waals surface area contributed by atoms with Crippen LogP contribution in [0.3, 0.4) is 0 Å². The monoisotopic (exact) mass is 398 g/mol. The number of hydrogen-bond acceptors (Lipinski definition) is 3. The van der Waals surface area contributed by atoms with Gasteiger partial charge in [0.25, 0.3) is 5.69 Å². The van der Waals surface area contributed by atoms with Gasteiger partial charge < -0.3 is 5.32 Å². The van der Waals surface area contributed by atoms with E-state index in [0.29, 0.717) is 12.1 Å². The number of nitrogens with one attached hydrogen (secondary N) is 1. The first-order valence-corrected chi connectivity index (χ1v) is 10.1.